The molecule has 1 aromatic carbocycles. The molecule has 0 fully saturated rings. The summed E-state index contributed by atoms with van der Waals surface area (Å²) < 4.78 is 1.58. The van der Waals surface area contributed by atoms with Crippen LogP contribution < -0.4 is 5.32 Å². The number of phenols is 2. The molecule has 0 unspecified atom stereocenters. The van der Waals surface area contributed by atoms with Crippen LogP contribution in [0.3, 0.4) is 0 Å². The number of carbonyl (C=O) groups is 1. The third kappa shape index (κ3) is 2.34. The van der Waals surface area contributed by atoms with Crippen LogP contribution in [0.2, 0.25) is 0 Å². The number of aromatic nitrogens is 2. The number of carbonyl (C=O) groups excluding carboxylic acids is 1. The number of fused-ring (bicyclic) bond motifs is 1. The SMILES string of the molecule is CC(C)n1ncc2c1NC(=O)[C@@H]([N+](=O)[O-])[C@H]2c1ccc(O)c(O)c1. The van der Waals surface area contributed by atoms with Gasteiger partial charge in [0.2, 0.25) is 0 Å². The molecule has 0 saturated carbocycles. The fraction of sp³-hybridized carbons (Fsp3) is 0.333. The normalized spacial score (nSPS) is 19.9. The minimum Gasteiger partial charge on any atom is -0.504 e. The lowest BCUT2D eigenvalue weighted by Crippen LogP contribution is -2.44. The van der Waals surface area contributed by atoms with Gasteiger partial charge in [0.1, 0.15) is 5.82 Å². The van der Waals surface area contributed by atoms with Gasteiger partial charge < -0.3 is 15.5 Å². The smallest absolute Gasteiger partial charge is 0.301 e. The second-order valence-corrected chi connectivity index (χ2v) is 5.93. The highest BCUT2D eigenvalue weighted by molar-refractivity contribution is 5.98. The van der Waals surface area contributed by atoms with E-state index in [1.807, 2.05) is 13.8 Å². The highest BCUT2D eigenvalue weighted by Crippen LogP contribution is 2.41. The van der Waals surface area contributed by atoms with Gasteiger partial charge in [-0.3, -0.25) is 14.9 Å². The summed E-state index contributed by atoms with van der Waals surface area (Å²) in [5, 5.41) is 37.4. The van der Waals surface area contributed by atoms with E-state index in [2.05, 4.69) is 10.4 Å². The number of amides is 1. The van der Waals surface area contributed by atoms with Crippen LogP contribution in [0.4, 0.5) is 5.82 Å². The summed E-state index contributed by atoms with van der Waals surface area (Å²) in [6.45, 7) is 3.75. The van der Waals surface area contributed by atoms with Crippen molar-refractivity contribution in [1.29, 1.82) is 0 Å². The predicted octanol–water partition coefficient (Wildman–Crippen LogP) is 1.60. The van der Waals surface area contributed by atoms with E-state index < -0.39 is 28.5 Å². The van der Waals surface area contributed by atoms with Crippen LogP contribution >= 0.6 is 0 Å². The molecule has 2 aromatic rings. The van der Waals surface area contributed by atoms with Crippen molar-refractivity contribution in [2.24, 2.45) is 0 Å². The molecule has 1 aliphatic heterocycles. The lowest BCUT2D eigenvalue weighted by atomic mass is 9.83. The van der Waals surface area contributed by atoms with Gasteiger partial charge in [-0.1, -0.05) is 6.07 Å². The van der Waals surface area contributed by atoms with Gasteiger partial charge in [-0.15, -0.1) is 0 Å². The zero-order chi connectivity index (χ0) is 17.6. The number of nitrogens with zero attached hydrogens (tertiary/aromatic N) is 3. The van der Waals surface area contributed by atoms with E-state index in [-0.39, 0.29) is 11.8 Å². The number of nitro groups is 1. The average Bonchev–Trinajstić information content (AvgIpc) is 2.91. The molecule has 0 saturated heterocycles. The maximum Gasteiger partial charge on any atom is 0.301 e. The molecule has 3 N–H and O–H groups in total. The van der Waals surface area contributed by atoms with Crippen LogP contribution in [0.1, 0.15) is 36.9 Å². The molecule has 0 spiro atoms. The van der Waals surface area contributed by atoms with Crippen molar-refractivity contribution in [2.75, 3.05) is 5.32 Å². The van der Waals surface area contributed by atoms with Crippen molar-refractivity contribution < 1.29 is 19.9 Å². The Morgan fingerprint density at radius 1 is 1.33 bits per heavy atom. The molecule has 126 valence electrons. The largest absolute Gasteiger partial charge is 0.504 e. The monoisotopic (exact) mass is 332 g/mol. The molecule has 3 rings (SSSR count). The number of anilines is 1. The Morgan fingerprint density at radius 2 is 2.04 bits per heavy atom. The molecule has 1 aliphatic rings. The van der Waals surface area contributed by atoms with Crippen LogP contribution in [0.15, 0.2) is 24.4 Å². The van der Waals surface area contributed by atoms with Gasteiger partial charge >= 0.3 is 11.9 Å². The number of hydrogen-bond acceptors (Lipinski definition) is 6. The summed E-state index contributed by atoms with van der Waals surface area (Å²) in [6, 6.07) is 2.32. The van der Waals surface area contributed by atoms with Gasteiger partial charge in [-0.25, -0.2) is 4.68 Å². The van der Waals surface area contributed by atoms with Crippen LogP contribution in [0.5, 0.6) is 11.5 Å². The molecule has 1 amide bonds. The van der Waals surface area contributed by atoms with E-state index in [0.29, 0.717) is 16.9 Å². The molecular formula is C15H16N4O5. The van der Waals surface area contributed by atoms with E-state index in [1.54, 1.807) is 4.68 Å². The van der Waals surface area contributed by atoms with Crippen molar-refractivity contribution in [2.45, 2.75) is 31.8 Å². The summed E-state index contributed by atoms with van der Waals surface area (Å²) in [5.41, 5.74) is 0.849. The summed E-state index contributed by atoms with van der Waals surface area (Å²) in [5.74, 6) is -1.99. The van der Waals surface area contributed by atoms with Crippen molar-refractivity contribution in [1.82, 2.24) is 9.78 Å². The van der Waals surface area contributed by atoms with Crippen LogP contribution in [-0.2, 0) is 4.79 Å². The molecule has 0 radical (unpaired) electrons. The maximum absolute atomic E-state index is 12.3. The van der Waals surface area contributed by atoms with Crippen molar-refractivity contribution in [3.63, 3.8) is 0 Å². The molecule has 2 atom stereocenters. The highest BCUT2D eigenvalue weighted by atomic mass is 16.6. The van der Waals surface area contributed by atoms with E-state index in [1.165, 1.54) is 24.4 Å². The van der Waals surface area contributed by atoms with Crippen LogP contribution in [0.25, 0.3) is 0 Å². The fourth-order valence-corrected chi connectivity index (χ4v) is 2.95. The first kappa shape index (κ1) is 15.8. The zero-order valence-corrected chi connectivity index (χ0v) is 13.0. The van der Waals surface area contributed by atoms with E-state index >= 15 is 0 Å². The number of benzene rings is 1. The first-order chi connectivity index (χ1) is 11.3. The van der Waals surface area contributed by atoms with Crippen LogP contribution in [0, 0.1) is 10.1 Å². The van der Waals surface area contributed by atoms with E-state index in [4.69, 9.17) is 0 Å². The van der Waals surface area contributed by atoms with Crippen LogP contribution in [-0.4, -0.2) is 36.9 Å². The lowest BCUT2D eigenvalue weighted by molar-refractivity contribution is -0.509. The molecule has 24 heavy (non-hydrogen) atoms. The van der Waals surface area contributed by atoms with Gasteiger partial charge in [0.25, 0.3) is 0 Å². The van der Waals surface area contributed by atoms with Crippen molar-refractivity contribution in [3.05, 3.63) is 45.6 Å². The molecule has 9 nitrogen and oxygen atoms in total. The predicted molar refractivity (Wildman–Crippen MR) is 83.6 cm³/mol. The van der Waals surface area contributed by atoms with Gasteiger partial charge in [0.15, 0.2) is 11.5 Å². The Balaban J connectivity index is 2.21. The number of phenolic OH excluding ortho intramolecular Hbond substituents is 2. The fourth-order valence-electron chi connectivity index (χ4n) is 2.95. The molecule has 0 aliphatic carbocycles. The maximum atomic E-state index is 12.3. The number of aromatic hydroxyl groups is 2. The number of rotatable bonds is 3. The van der Waals surface area contributed by atoms with Gasteiger partial charge in [-0.2, -0.15) is 5.10 Å². The summed E-state index contributed by atoms with van der Waals surface area (Å²) >= 11 is 0. The molecule has 0 bridgehead atoms. The van der Waals surface area contributed by atoms with Crippen molar-refractivity contribution in [3.8, 4) is 11.5 Å². The Labute approximate surface area is 136 Å². The Morgan fingerprint density at radius 3 is 2.62 bits per heavy atom. The zero-order valence-electron chi connectivity index (χ0n) is 13.0. The van der Waals surface area contributed by atoms with Gasteiger partial charge in [0.05, 0.1) is 12.1 Å². The third-order valence-corrected chi connectivity index (χ3v) is 4.06. The summed E-state index contributed by atoms with van der Waals surface area (Å²) in [4.78, 5) is 23.1. The molecule has 9 heteroatoms. The molecular weight excluding hydrogens is 316 g/mol. The third-order valence-electron chi connectivity index (χ3n) is 4.06. The number of nitrogens with one attached hydrogen (secondary N) is 1. The first-order valence-electron chi connectivity index (χ1n) is 7.35. The topological polar surface area (TPSA) is 131 Å². The second kappa shape index (κ2) is 5.52. The van der Waals surface area contributed by atoms with Gasteiger partial charge in [-0.05, 0) is 31.5 Å². The average molecular weight is 332 g/mol. The van der Waals surface area contributed by atoms with E-state index in [0.717, 1.165) is 0 Å². The molecule has 1 aromatic heterocycles. The quantitative estimate of drug-likeness (QED) is 0.444. The second-order valence-electron chi connectivity index (χ2n) is 5.93. The Kier molecular flexibility index (Phi) is 3.63. The van der Waals surface area contributed by atoms with Gasteiger partial charge in [0, 0.05) is 16.5 Å². The molecule has 2 heterocycles. The highest BCUT2D eigenvalue weighted by Gasteiger charge is 2.47. The lowest BCUT2D eigenvalue weighted by Gasteiger charge is -2.27. The van der Waals surface area contributed by atoms with E-state index in [9.17, 15) is 25.1 Å². The van der Waals surface area contributed by atoms with Crippen molar-refractivity contribution >= 4 is 11.7 Å². The summed E-state index contributed by atoms with van der Waals surface area (Å²) in [7, 11) is 0. The minimum absolute atomic E-state index is 0.0462. The Bertz CT molecular complexity index is 829. The standard InChI is InChI=1S/C15H16N4O5/c1-7(2)18-14-9(6-16-18)12(13(19(23)24)15(22)17-14)8-3-4-10(20)11(21)5-8/h3-7,12-13,20-21H,1-2H3,(H,17,22)/t12-,13-/m0/s1. The minimum atomic E-state index is -1.55. The number of hydrogen-bond donors (Lipinski definition) is 3. The summed E-state index contributed by atoms with van der Waals surface area (Å²) in [6.07, 6.45) is 1.49. The Hall–Kier alpha value is -3.10. The first-order valence-corrected chi connectivity index (χ1v) is 7.35.